The summed E-state index contributed by atoms with van der Waals surface area (Å²) in [6.07, 6.45) is 3.98. The molecule has 3 aromatic rings. The summed E-state index contributed by atoms with van der Waals surface area (Å²) in [6, 6.07) is 5.46. The predicted octanol–water partition coefficient (Wildman–Crippen LogP) is 2.78. The van der Waals surface area contributed by atoms with Gasteiger partial charge in [0.2, 0.25) is 0 Å². The number of aliphatic hydroxyl groups is 1. The molecule has 5 nitrogen and oxygen atoms in total. The molecule has 0 bridgehead atoms. The van der Waals surface area contributed by atoms with E-state index in [-0.39, 0.29) is 17.8 Å². The molecule has 2 atom stereocenters. The summed E-state index contributed by atoms with van der Waals surface area (Å²) in [5.74, 6) is -3.29. The zero-order valence-corrected chi connectivity index (χ0v) is 13.3. The van der Waals surface area contributed by atoms with Crippen molar-refractivity contribution in [1.82, 2.24) is 19.7 Å². The van der Waals surface area contributed by atoms with Gasteiger partial charge in [-0.15, -0.1) is 0 Å². The number of nitrogens with zero attached hydrogens (tertiary/aromatic N) is 4. The highest BCUT2D eigenvalue weighted by atomic mass is 19.1. The van der Waals surface area contributed by atoms with Gasteiger partial charge in [0.05, 0.1) is 12.2 Å². The molecule has 8 heteroatoms. The molecule has 25 heavy (non-hydrogen) atoms. The molecule has 0 spiro atoms. The van der Waals surface area contributed by atoms with Crippen molar-refractivity contribution in [2.24, 2.45) is 0 Å². The molecular weight excluding hydrogens is 333 g/mol. The number of hydrogen-bond donors (Lipinski definition) is 1. The van der Waals surface area contributed by atoms with Crippen LogP contribution >= 0.6 is 0 Å². The number of halogens is 3. The molecule has 0 saturated heterocycles. The van der Waals surface area contributed by atoms with Crippen molar-refractivity contribution < 1.29 is 18.3 Å². The van der Waals surface area contributed by atoms with Crippen LogP contribution in [0.3, 0.4) is 0 Å². The minimum Gasteiger partial charge on any atom is -0.382 e. The van der Waals surface area contributed by atoms with Crippen molar-refractivity contribution in [2.75, 3.05) is 0 Å². The van der Waals surface area contributed by atoms with Crippen LogP contribution in [0.15, 0.2) is 49.2 Å². The average Bonchev–Trinajstić information content (AvgIpc) is 3.07. The van der Waals surface area contributed by atoms with Crippen LogP contribution in [-0.4, -0.2) is 24.9 Å². The Labute approximate surface area is 141 Å². The van der Waals surface area contributed by atoms with E-state index in [2.05, 4.69) is 15.1 Å². The Hall–Kier alpha value is -2.74. The second-order valence-corrected chi connectivity index (χ2v) is 5.73. The van der Waals surface area contributed by atoms with E-state index in [9.17, 15) is 18.3 Å². The van der Waals surface area contributed by atoms with E-state index >= 15 is 0 Å². The summed E-state index contributed by atoms with van der Waals surface area (Å²) in [5, 5.41) is 15.2. The number of pyridine rings is 1. The lowest BCUT2D eigenvalue weighted by molar-refractivity contribution is -0.0133. The largest absolute Gasteiger partial charge is 0.382 e. The van der Waals surface area contributed by atoms with Gasteiger partial charge < -0.3 is 5.11 Å². The van der Waals surface area contributed by atoms with Crippen LogP contribution in [0.2, 0.25) is 0 Å². The Bertz CT molecular complexity index is 872. The van der Waals surface area contributed by atoms with Gasteiger partial charge in [0.25, 0.3) is 0 Å². The van der Waals surface area contributed by atoms with Crippen LogP contribution in [0.25, 0.3) is 0 Å². The number of benzene rings is 1. The van der Waals surface area contributed by atoms with E-state index in [1.54, 1.807) is 0 Å². The third-order valence-electron chi connectivity index (χ3n) is 4.18. The monoisotopic (exact) mass is 348 g/mol. The van der Waals surface area contributed by atoms with Gasteiger partial charge in [-0.05, 0) is 18.2 Å². The van der Waals surface area contributed by atoms with Crippen molar-refractivity contribution in [2.45, 2.75) is 25.0 Å². The highest BCUT2D eigenvalue weighted by molar-refractivity contribution is 5.30. The molecular formula is C17H15F3N4O. The van der Waals surface area contributed by atoms with Crippen LogP contribution in [0.4, 0.5) is 13.2 Å². The number of aromatic nitrogens is 4. The number of hydrogen-bond acceptors (Lipinski definition) is 4. The summed E-state index contributed by atoms with van der Waals surface area (Å²) < 4.78 is 43.1. The van der Waals surface area contributed by atoms with Crippen LogP contribution in [0.5, 0.6) is 0 Å². The molecule has 1 N–H and O–H groups in total. The van der Waals surface area contributed by atoms with Crippen molar-refractivity contribution in [3.05, 3.63) is 77.9 Å². The van der Waals surface area contributed by atoms with E-state index in [4.69, 9.17) is 0 Å². The van der Waals surface area contributed by atoms with Gasteiger partial charge in [-0.3, -0.25) is 4.98 Å². The normalized spacial score (nSPS) is 14.9. The van der Waals surface area contributed by atoms with Gasteiger partial charge in [-0.2, -0.15) is 5.10 Å². The summed E-state index contributed by atoms with van der Waals surface area (Å²) in [6.45, 7) is 1.30. The summed E-state index contributed by atoms with van der Waals surface area (Å²) >= 11 is 0. The van der Waals surface area contributed by atoms with Crippen LogP contribution < -0.4 is 0 Å². The van der Waals surface area contributed by atoms with E-state index < -0.39 is 29.0 Å². The molecule has 0 aliphatic rings. The Kier molecular flexibility index (Phi) is 4.54. The van der Waals surface area contributed by atoms with Crippen molar-refractivity contribution in [3.63, 3.8) is 0 Å². The maximum Gasteiger partial charge on any atom is 0.145 e. The quantitative estimate of drug-likeness (QED) is 0.770. The Balaban J connectivity index is 2.13. The van der Waals surface area contributed by atoms with Gasteiger partial charge in [0.15, 0.2) is 0 Å². The molecule has 130 valence electrons. The predicted molar refractivity (Wildman–Crippen MR) is 82.9 cm³/mol. The van der Waals surface area contributed by atoms with E-state index in [0.29, 0.717) is 6.07 Å². The first-order valence-corrected chi connectivity index (χ1v) is 7.52. The fraction of sp³-hybridized carbons (Fsp3) is 0.235. The molecule has 0 fully saturated rings. The first-order chi connectivity index (χ1) is 11.9. The number of rotatable bonds is 5. The van der Waals surface area contributed by atoms with E-state index in [0.717, 1.165) is 12.1 Å². The second kappa shape index (κ2) is 6.64. The van der Waals surface area contributed by atoms with Crippen LogP contribution in [0.1, 0.15) is 24.1 Å². The summed E-state index contributed by atoms with van der Waals surface area (Å²) in [7, 11) is 0. The third kappa shape index (κ3) is 3.25. The smallest absolute Gasteiger partial charge is 0.145 e. The van der Waals surface area contributed by atoms with Gasteiger partial charge in [0, 0.05) is 23.7 Å². The lowest BCUT2D eigenvalue weighted by Crippen LogP contribution is -2.39. The zero-order valence-electron chi connectivity index (χ0n) is 13.3. The Morgan fingerprint density at radius 1 is 1.20 bits per heavy atom. The van der Waals surface area contributed by atoms with Gasteiger partial charge in [-0.25, -0.2) is 22.8 Å². The minimum absolute atomic E-state index is 0.0335. The molecule has 1 aromatic carbocycles. The molecule has 0 aliphatic carbocycles. The maximum atomic E-state index is 14.4. The van der Waals surface area contributed by atoms with Gasteiger partial charge in [-0.1, -0.05) is 13.0 Å². The average molecular weight is 348 g/mol. The molecule has 0 radical (unpaired) electrons. The van der Waals surface area contributed by atoms with Gasteiger partial charge in [0.1, 0.15) is 35.7 Å². The first-order valence-electron chi connectivity index (χ1n) is 7.52. The van der Waals surface area contributed by atoms with Crippen LogP contribution in [0, 0.1) is 17.5 Å². The first kappa shape index (κ1) is 17.1. The van der Waals surface area contributed by atoms with E-state index in [1.807, 2.05) is 0 Å². The Morgan fingerprint density at radius 3 is 2.64 bits per heavy atom. The second-order valence-electron chi connectivity index (χ2n) is 5.73. The highest BCUT2D eigenvalue weighted by Crippen LogP contribution is 2.39. The van der Waals surface area contributed by atoms with Crippen molar-refractivity contribution in [1.29, 1.82) is 0 Å². The Morgan fingerprint density at radius 2 is 2.00 bits per heavy atom. The topological polar surface area (TPSA) is 63.8 Å². The van der Waals surface area contributed by atoms with E-state index in [1.165, 1.54) is 42.6 Å². The summed E-state index contributed by atoms with van der Waals surface area (Å²) in [4.78, 5) is 7.75. The van der Waals surface area contributed by atoms with Crippen molar-refractivity contribution in [3.8, 4) is 0 Å². The van der Waals surface area contributed by atoms with Gasteiger partial charge >= 0.3 is 0 Å². The minimum atomic E-state index is -1.93. The molecule has 3 rings (SSSR count). The fourth-order valence-electron chi connectivity index (χ4n) is 2.80. The standard InChI is InChI=1S/C17H15F3N4O/c1-11(16-14(19)3-2-6-22-16)17(25,8-24-10-21-9-23-24)13-5-4-12(18)7-15(13)20/h2-7,9-11,25H,8H2,1H3/t11-,17+/m0/s1. The third-order valence-corrected chi connectivity index (χ3v) is 4.18. The molecule has 0 amide bonds. The molecule has 2 heterocycles. The molecule has 2 aromatic heterocycles. The van der Waals surface area contributed by atoms with Crippen molar-refractivity contribution >= 4 is 0 Å². The fourth-order valence-corrected chi connectivity index (χ4v) is 2.80. The lowest BCUT2D eigenvalue weighted by Gasteiger charge is -2.34. The highest BCUT2D eigenvalue weighted by Gasteiger charge is 2.41. The maximum absolute atomic E-state index is 14.4. The zero-order chi connectivity index (χ0) is 18.0. The lowest BCUT2D eigenvalue weighted by atomic mass is 9.79. The molecule has 0 saturated carbocycles. The summed E-state index contributed by atoms with van der Waals surface area (Å²) in [5.41, 5.74) is -2.14. The molecule has 0 unspecified atom stereocenters. The SMILES string of the molecule is C[C@@H](c1ncccc1F)[C@](O)(Cn1cncn1)c1ccc(F)cc1F. The molecule has 0 aliphatic heterocycles. The van der Waals surface area contributed by atoms with Crippen LogP contribution in [-0.2, 0) is 12.1 Å².